The molecule has 0 fully saturated rings. The Morgan fingerprint density at radius 1 is 0.800 bits per heavy atom. The first-order valence-corrected chi connectivity index (χ1v) is 16.4. The summed E-state index contributed by atoms with van der Waals surface area (Å²) in [5.41, 5.74) is 1.47. The van der Waals surface area contributed by atoms with E-state index in [4.69, 9.17) is 0 Å². The van der Waals surface area contributed by atoms with Gasteiger partial charge in [0.25, 0.3) is 0 Å². The zero-order chi connectivity index (χ0) is 15.4. The van der Waals surface area contributed by atoms with E-state index in [2.05, 4.69) is 53.7 Å². The first-order chi connectivity index (χ1) is 9.56. The van der Waals surface area contributed by atoms with Crippen LogP contribution in [-0.4, -0.2) is 18.4 Å². The fraction of sp³-hybridized carbons (Fsp3) is 0.789. The molecule has 0 saturated heterocycles. The van der Waals surface area contributed by atoms with Gasteiger partial charge >= 0.3 is 133 Å². The Labute approximate surface area is 133 Å². The Kier molecular flexibility index (Phi) is 12.1. The molecule has 0 aliphatic heterocycles. The predicted molar refractivity (Wildman–Crippen MR) is 98.1 cm³/mol. The van der Waals surface area contributed by atoms with E-state index in [0.29, 0.717) is 0 Å². The summed E-state index contributed by atoms with van der Waals surface area (Å²) in [7, 11) is 0. The van der Waals surface area contributed by atoms with Gasteiger partial charge in [0.15, 0.2) is 0 Å². The van der Waals surface area contributed by atoms with Crippen molar-refractivity contribution in [3.8, 4) is 0 Å². The molecule has 0 heterocycles. The van der Waals surface area contributed by atoms with E-state index >= 15 is 0 Å². The molecule has 0 aromatic rings. The van der Waals surface area contributed by atoms with Gasteiger partial charge < -0.3 is 0 Å². The van der Waals surface area contributed by atoms with Gasteiger partial charge in [0.1, 0.15) is 0 Å². The number of hydrogen-bond donors (Lipinski definition) is 0. The van der Waals surface area contributed by atoms with E-state index in [9.17, 15) is 0 Å². The van der Waals surface area contributed by atoms with Crippen LogP contribution in [0.3, 0.4) is 0 Å². The van der Waals surface area contributed by atoms with Crippen molar-refractivity contribution in [1.29, 1.82) is 0 Å². The molecule has 0 bridgehead atoms. The Morgan fingerprint density at radius 3 is 1.50 bits per heavy atom. The number of unbranched alkanes of at least 4 members (excludes halogenated alkanes) is 3. The molecule has 0 spiro atoms. The molecule has 0 aromatic carbocycles. The normalized spacial score (nSPS) is 13.9. The van der Waals surface area contributed by atoms with Gasteiger partial charge in [-0.2, -0.15) is 0 Å². The summed E-state index contributed by atoms with van der Waals surface area (Å²) in [6, 6.07) is 0. The van der Waals surface area contributed by atoms with Crippen molar-refractivity contribution in [3.63, 3.8) is 0 Å². The summed E-state index contributed by atoms with van der Waals surface area (Å²) < 4.78 is 6.60. The molecule has 118 valence electrons. The zero-order valence-electron chi connectivity index (χ0n) is 15.0. The minimum absolute atomic E-state index is 1.37. The Morgan fingerprint density at radius 2 is 1.20 bits per heavy atom. The third kappa shape index (κ3) is 7.33. The molecule has 0 atom stereocenters. The van der Waals surface area contributed by atoms with Crippen LogP contribution in [-0.2, 0) is 0 Å². The molecule has 20 heavy (non-hydrogen) atoms. The van der Waals surface area contributed by atoms with E-state index in [1.165, 1.54) is 44.1 Å². The molecule has 0 aromatic heterocycles. The van der Waals surface area contributed by atoms with Gasteiger partial charge in [-0.05, 0) is 0 Å². The second kappa shape index (κ2) is 11.9. The standard InChI is InChI=1S/C7H11.3C4H9.Sn/c1-4-6-7(3)5-2;3*1-3-4-2;/h5-6H,1-3H3;3*1,3-4H2,2H3;/b6-4?,7-5-;;;;. The molecule has 1 heteroatoms. The minimum atomic E-state index is -2.08. The molecule has 0 unspecified atom stereocenters. The molecule has 0 rings (SSSR count). The number of hydrogen-bond acceptors (Lipinski definition) is 0. The van der Waals surface area contributed by atoms with Crippen molar-refractivity contribution >= 4 is 18.4 Å². The van der Waals surface area contributed by atoms with Crippen LogP contribution >= 0.6 is 0 Å². The molecule has 0 saturated carbocycles. The Hall–Kier alpha value is 0.279. The molecule has 0 aliphatic carbocycles. The molecular weight excluding hydrogens is 347 g/mol. The van der Waals surface area contributed by atoms with Crippen LogP contribution in [0.4, 0.5) is 0 Å². The summed E-state index contributed by atoms with van der Waals surface area (Å²) in [6.07, 6.45) is 13.3. The second-order valence-electron chi connectivity index (χ2n) is 6.45. The summed E-state index contributed by atoms with van der Waals surface area (Å²) >= 11 is -2.08. The van der Waals surface area contributed by atoms with Gasteiger partial charge in [-0.15, -0.1) is 0 Å². The van der Waals surface area contributed by atoms with Crippen molar-refractivity contribution < 1.29 is 0 Å². The van der Waals surface area contributed by atoms with Crippen molar-refractivity contribution in [3.05, 3.63) is 21.3 Å². The van der Waals surface area contributed by atoms with E-state index in [0.717, 1.165) is 0 Å². The van der Waals surface area contributed by atoms with Gasteiger partial charge in [-0.3, -0.25) is 0 Å². The van der Waals surface area contributed by atoms with Crippen LogP contribution in [0.2, 0.25) is 13.3 Å². The van der Waals surface area contributed by atoms with Crippen molar-refractivity contribution in [2.24, 2.45) is 0 Å². The molecule has 0 amide bonds. The fourth-order valence-electron chi connectivity index (χ4n) is 3.09. The zero-order valence-corrected chi connectivity index (χ0v) is 17.9. The average molecular weight is 385 g/mol. The molecule has 0 aliphatic rings. The van der Waals surface area contributed by atoms with Crippen LogP contribution in [0, 0.1) is 0 Å². The predicted octanol–water partition coefficient (Wildman–Crippen LogP) is 7.29. The first-order valence-electron chi connectivity index (χ1n) is 8.88. The van der Waals surface area contributed by atoms with Gasteiger partial charge in [-0.25, -0.2) is 0 Å². The molecule has 0 N–H and O–H groups in total. The van der Waals surface area contributed by atoms with Gasteiger partial charge in [0.05, 0.1) is 0 Å². The van der Waals surface area contributed by atoms with Crippen LogP contribution in [0.25, 0.3) is 0 Å². The van der Waals surface area contributed by atoms with E-state index in [-0.39, 0.29) is 0 Å². The summed E-state index contributed by atoms with van der Waals surface area (Å²) in [6.45, 7) is 14.0. The Balaban J connectivity index is 5.25. The van der Waals surface area contributed by atoms with Gasteiger partial charge in [-0.1, -0.05) is 0 Å². The van der Waals surface area contributed by atoms with Crippen LogP contribution < -0.4 is 0 Å². The van der Waals surface area contributed by atoms with Crippen molar-refractivity contribution in [1.82, 2.24) is 0 Å². The Bertz CT molecular complexity index is 277. The third-order valence-corrected chi connectivity index (χ3v) is 21.2. The monoisotopic (exact) mass is 386 g/mol. The SMILES string of the molecule is C/C=C(C)\C=[C](\C)[Sn]([CH2]CCC)([CH2]CCC)[CH2]CCC. The third-order valence-electron chi connectivity index (χ3n) is 4.76. The van der Waals surface area contributed by atoms with Crippen LogP contribution in [0.5, 0.6) is 0 Å². The summed E-state index contributed by atoms with van der Waals surface area (Å²) in [5, 5.41) is 0. The maximum atomic E-state index is 2.54. The molecule has 0 nitrogen and oxygen atoms in total. The number of allylic oxidation sites excluding steroid dienone is 4. The van der Waals surface area contributed by atoms with E-state index < -0.39 is 18.4 Å². The summed E-state index contributed by atoms with van der Waals surface area (Å²) in [4.78, 5) is 0. The van der Waals surface area contributed by atoms with Crippen molar-refractivity contribution in [2.45, 2.75) is 93.4 Å². The molecular formula is C19H38Sn. The van der Waals surface area contributed by atoms with Gasteiger partial charge in [0.2, 0.25) is 0 Å². The molecule has 0 radical (unpaired) electrons. The second-order valence-corrected chi connectivity index (χ2v) is 20.3. The van der Waals surface area contributed by atoms with Crippen LogP contribution in [0.1, 0.15) is 80.1 Å². The van der Waals surface area contributed by atoms with E-state index in [1.54, 1.807) is 13.3 Å². The average Bonchev–Trinajstić information content (AvgIpc) is 2.46. The number of rotatable bonds is 11. The van der Waals surface area contributed by atoms with Crippen LogP contribution in [0.15, 0.2) is 21.3 Å². The first kappa shape index (κ1) is 20.3. The van der Waals surface area contributed by atoms with E-state index in [1.807, 2.05) is 3.59 Å². The maximum absolute atomic E-state index is 2.54. The van der Waals surface area contributed by atoms with Crippen molar-refractivity contribution in [2.75, 3.05) is 0 Å². The quantitative estimate of drug-likeness (QED) is 0.259. The topological polar surface area (TPSA) is 0 Å². The summed E-state index contributed by atoms with van der Waals surface area (Å²) in [5.74, 6) is 0. The fourth-order valence-corrected chi connectivity index (χ4v) is 19.0. The van der Waals surface area contributed by atoms with Gasteiger partial charge in [0, 0.05) is 0 Å².